The van der Waals surface area contributed by atoms with Gasteiger partial charge in [-0.25, -0.2) is 13.8 Å². The number of nitrogens with one attached hydrogen (secondary N) is 1. The molecular weight excluding hydrogens is 268 g/mol. The van der Waals surface area contributed by atoms with Gasteiger partial charge in [0.25, 0.3) is 0 Å². The van der Waals surface area contributed by atoms with Crippen LogP contribution in [0.1, 0.15) is 13.8 Å². The zero-order chi connectivity index (χ0) is 14.6. The lowest BCUT2D eigenvalue weighted by Crippen LogP contribution is -2.35. The molecule has 0 aliphatic rings. The Hall–Kier alpha value is -1.80. The van der Waals surface area contributed by atoms with Gasteiger partial charge in [-0.05, 0) is 13.8 Å². The van der Waals surface area contributed by atoms with Gasteiger partial charge in [0, 0.05) is 0 Å². The molecule has 0 fully saturated rings. The first kappa shape index (κ1) is 15.3. The summed E-state index contributed by atoms with van der Waals surface area (Å²) in [7, 11) is 0. The number of rotatable bonds is 6. The van der Waals surface area contributed by atoms with Crippen molar-refractivity contribution in [3.05, 3.63) is 6.33 Å². The minimum absolute atomic E-state index is 0.00728. The van der Waals surface area contributed by atoms with Gasteiger partial charge in [0.05, 0.1) is 12.6 Å². The third-order valence-electron chi connectivity index (χ3n) is 2.01. The van der Waals surface area contributed by atoms with Crippen molar-refractivity contribution in [3.63, 3.8) is 0 Å². The minimum atomic E-state index is -4.17. The van der Waals surface area contributed by atoms with Crippen molar-refractivity contribution >= 4 is 11.5 Å². The van der Waals surface area contributed by atoms with Crippen LogP contribution in [0.4, 0.5) is 29.1 Å². The predicted octanol–water partition coefficient (Wildman–Crippen LogP) is 2.16. The van der Waals surface area contributed by atoms with E-state index in [2.05, 4.69) is 15.3 Å². The van der Waals surface area contributed by atoms with Crippen molar-refractivity contribution in [3.8, 4) is 5.88 Å². The first-order valence-corrected chi connectivity index (χ1v) is 5.41. The molecule has 3 N–H and O–H groups in total. The normalized spacial score (nSPS) is 12.0. The summed E-state index contributed by atoms with van der Waals surface area (Å²) >= 11 is 0. The van der Waals surface area contributed by atoms with Crippen LogP contribution < -0.4 is 15.8 Å². The Balaban J connectivity index is 2.80. The number of hydrogen-bond donors (Lipinski definition) is 2. The highest BCUT2D eigenvalue weighted by molar-refractivity contribution is 5.66. The van der Waals surface area contributed by atoms with Gasteiger partial charge < -0.3 is 15.8 Å². The third kappa shape index (κ3) is 4.11. The van der Waals surface area contributed by atoms with Crippen LogP contribution in [0.15, 0.2) is 6.33 Å². The van der Waals surface area contributed by atoms with E-state index < -0.39 is 18.9 Å². The van der Waals surface area contributed by atoms with E-state index in [0.29, 0.717) is 0 Å². The first-order chi connectivity index (χ1) is 8.74. The van der Waals surface area contributed by atoms with Crippen LogP contribution >= 0.6 is 0 Å². The van der Waals surface area contributed by atoms with Crippen molar-refractivity contribution in [1.82, 2.24) is 9.97 Å². The second-order valence-electron chi connectivity index (χ2n) is 4.02. The summed E-state index contributed by atoms with van der Waals surface area (Å²) in [6, 6.07) is 0. The highest BCUT2D eigenvalue weighted by Crippen LogP contribution is 2.28. The fraction of sp³-hybridized carbons (Fsp3) is 0.600. The molecule has 0 aliphatic carbocycles. The van der Waals surface area contributed by atoms with Gasteiger partial charge in [0.15, 0.2) is 5.82 Å². The molecule has 1 aromatic rings. The van der Waals surface area contributed by atoms with E-state index in [1.165, 1.54) is 0 Å². The van der Waals surface area contributed by atoms with Crippen molar-refractivity contribution in [2.75, 3.05) is 17.6 Å². The van der Waals surface area contributed by atoms with E-state index in [9.17, 15) is 17.6 Å². The van der Waals surface area contributed by atoms with Crippen LogP contribution in [0.25, 0.3) is 0 Å². The first-order valence-electron chi connectivity index (χ1n) is 5.41. The third-order valence-corrected chi connectivity index (χ3v) is 2.01. The molecule has 0 aromatic carbocycles. The molecule has 5 nitrogen and oxygen atoms in total. The number of nitrogens with zero attached hydrogens (tertiary/aromatic N) is 2. The number of alkyl halides is 4. The number of anilines is 2. The minimum Gasteiger partial charge on any atom is -0.473 e. The molecule has 0 aliphatic heterocycles. The molecule has 0 saturated heterocycles. The quantitative estimate of drug-likeness (QED) is 0.782. The smallest absolute Gasteiger partial charge is 0.324 e. The van der Waals surface area contributed by atoms with Gasteiger partial charge in [-0.3, -0.25) is 0 Å². The fourth-order valence-electron chi connectivity index (χ4n) is 1.12. The molecule has 19 heavy (non-hydrogen) atoms. The summed E-state index contributed by atoms with van der Waals surface area (Å²) in [5, 5.41) is 2.06. The van der Waals surface area contributed by atoms with Gasteiger partial charge in [-0.15, -0.1) is 0 Å². The van der Waals surface area contributed by atoms with E-state index in [-0.39, 0.29) is 23.5 Å². The molecule has 1 aromatic heterocycles. The Labute approximate surface area is 107 Å². The van der Waals surface area contributed by atoms with Crippen LogP contribution in [0.2, 0.25) is 0 Å². The van der Waals surface area contributed by atoms with Gasteiger partial charge >= 0.3 is 12.3 Å². The predicted molar refractivity (Wildman–Crippen MR) is 61.6 cm³/mol. The molecule has 0 bridgehead atoms. The van der Waals surface area contributed by atoms with Crippen molar-refractivity contribution in [2.24, 2.45) is 0 Å². The molecule has 0 saturated carbocycles. The highest BCUT2D eigenvalue weighted by atomic mass is 19.3. The SMILES string of the molecule is CC(C)Oc1ncnc(NCC(F)(F)C(F)F)c1N. The maximum Gasteiger partial charge on any atom is 0.324 e. The summed E-state index contributed by atoms with van der Waals surface area (Å²) in [5.41, 5.74) is 5.48. The highest BCUT2D eigenvalue weighted by Gasteiger charge is 2.40. The summed E-state index contributed by atoms with van der Waals surface area (Å²) in [6.45, 7) is 2.16. The second kappa shape index (κ2) is 5.89. The number of nitrogen functional groups attached to an aromatic ring is 1. The summed E-state index contributed by atoms with van der Waals surface area (Å²) < 4.78 is 54.7. The summed E-state index contributed by atoms with van der Waals surface area (Å²) in [6.07, 6.45) is -2.96. The molecule has 1 rings (SSSR count). The molecule has 0 radical (unpaired) electrons. The average Bonchev–Trinajstić information content (AvgIpc) is 2.29. The largest absolute Gasteiger partial charge is 0.473 e. The second-order valence-corrected chi connectivity index (χ2v) is 4.02. The summed E-state index contributed by atoms with van der Waals surface area (Å²) in [5.74, 6) is -4.34. The van der Waals surface area contributed by atoms with Gasteiger partial charge in [-0.2, -0.15) is 13.8 Å². The van der Waals surface area contributed by atoms with Crippen LogP contribution in [-0.4, -0.2) is 35.0 Å². The van der Waals surface area contributed by atoms with Gasteiger partial charge in [-0.1, -0.05) is 0 Å². The maximum absolute atomic E-state index is 12.7. The number of ether oxygens (including phenoxy) is 1. The van der Waals surface area contributed by atoms with Gasteiger partial charge in [0.2, 0.25) is 5.88 Å². The van der Waals surface area contributed by atoms with Gasteiger partial charge in [0.1, 0.15) is 12.0 Å². The van der Waals surface area contributed by atoms with Crippen molar-refractivity contribution < 1.29 is 22.3 Å². The monoisotopic (exact) mass is 282 g/mol. The molecule has 0 unspecified atom stereocenters. The Morgan fingerprint density at radius 1 is 1.37 bits per heavy atom. The van der Waals surface area contributed by atoms with Crippen LogP contribution in [0.5, 0.6) is 5.88 Å². The topological polar surface area (TPSA) is 73.1 Å². The molecular formula is C10H14F4N4O. The van der Waals surface area contributed by atoms with Crippen molar-refractivity contribution in [1.29, 1.82) is 0 Å². The van der Waals surface area contributed by atoms with E-state index >= 15 is 0 Å². The molecule has 0 atom stereocenters. The average molecular weight is 282 g/mol. The number of nitrogens with two attached hydrogens (primary N) is 1. The number of hydrogen-bond acceptors (Lipinski definition) is 5. The number of halogens is 4. The molecule has 1 heterocycles. The standard InChI is InChI=1S/C10H14F4N4O/c1-5(2)19-8-6(15)7(17-4-18-8)16-3-10(13,14)9(11)12/h4-5,9H,3,15H2,1-2H3,(H,16,17,18). The Morgan fingerprint density at radius 2 is 2.00 bits per heavy atom. The lowest BCUT2D eigenvalue weighted by Gasteiger charge is -2.18. The summed E-state index contributed by atoms with van der Waals surface area (Å²) in [4.78, 5) is 7.33. The Morgan fingerprint density at radius 3 is 2.53 bits per heavy atom. The fourth-order valence-corrected chi connectivity index (χ4v) is 1.12. The molecule has 108 valence electrons. The van der Waals surface area contributed by atoms with E-state index in [1.54, 1.807) is 13.8 Å². The Bertz CT molecular complexity index is 428. The lowest BCUT2D eigenvalue weighted by atomic mass is 10.3. The van der Waals surface area contributed by atoms with Crippen LogP contribution in [0, 0.1) is 0 Å². The molecule has 9 heteroatoms. The molecule has 0 amide bonds. The van der Waals surface area contributed by atoms with Crippen LogP contribution in [0.3, 0.4) is 0 Å². The maximum atomic E-state index is 12.7. The van der Waals surface area contributed by atoms with E-state index in [4.69, 9.17) is 10.5 Å². The lowest BCUT2D eigenvalue weighted by molar-refractivity contribution is -0.117. The van der Waals surface area contributed by atoms with Crippen molar-refractivity contribution in [2.45, 2.75) is 32.3 Å². The van der Waals surface area contributed by atoms with E-state index in [0.717, 1.165) is 6.33 Å². The van der Waals surface area contributed by atoms with Crippen LogP contribution in [-0.2, 0) is 0 Å². The Kier molecular flexibility index (Phi) is 4.73. The van der Waals surface area contributed by atoms with E-state index in [1.807, 2.05) is 0 Å². The zero-order valence-corrected chi connectivity index (χ0v) is 10.3. The number of aromatic nitrogens is 2. The molecule has 0 spiro atoms. The zero-order valence-electron chi connectivity index (χ0n) is 10.3.